The molecule has 1 saturated carbocycles. The molecule has 0 amide bonds. The van der Waals surface area contributed by atoms with Crippen molar-refractivity contribution in [3.05, 3.63) is 76.1 Å². The quantitative estimate of drug-likeness (QED) is 0.0865. The standard InChI is InChI=1S/C46H56N4O10/c1-8-42-16-12-18-49-19-17-44(38(42)49)31-21-32(35(56-6)22-34(31)48(5)39(44)46(54,41(53)57-7)40(42)58-26(3)51)45(59-27(4)52)23-28-24-50(55,25-43(9-2)37(28)60-43)20-15-30-29-13-10-11-14-33(29)47-36(30)45/h10-14,16,21-22,28,37-40,47,54H,8-9,15,17-20,23-25H2,1-7H3. The number of rotatable bonds is 7. The largest absolute Gasteiger partial charge is 0.633 e. The van der Waals surface area contributed by atoms with E-state index in [0.29, 0.717) is 75.4 Å². The molecular formula is C46H56N4O10. The molecule has 11 unspecified atom stereocenters. The number of fused-ring (bicyclic) bond motifs is 8. The first kappa shape index (κ1) is 39.7. The maximum Gasteiger partial charge on any atom is 0.344 e. The van der Waals surface area contributed by atoms with Gasteiger partial charge in [0.1, 0.15) is 24.0 Å². The second kappa shape index (κ2) is 13.0. The number of piperidine rings is 1. The van der Waals surface area contributed by atoms with Crippen molar-refractivity contribution >= 4 is 34.5 Å². The van der Waals surface area contributed by atoms with Gasteiger partial charge in [0, 0.05) is 91.3 Å². The van der Waals surface area contributed by atoms with Crippen molar-refractivity contribution in [1.82, 2.24) is 9.88 Å². The van der Waals surface area contributed by atoms with E-state index >= 15 is 0 Å². The van der Waals surface area contributed by atoms with Crippen LogP contribution in [0.3, 0.4) is 0 Å². The summed E-state index contributed by atoms with van der Waals surface area (Å²) in [7, 11) is 4.70. The molecule has 7 heterocycles. The van der Waals surface area contributed by atoms with Crippen molar-refractivity contribution in [3.63, 3.8) is 0 Å². The summed E-state index contributed by atoms with van der Waals surface area (Å²) in [4.78, 5) is 49.3. The molecule has 10 rings (SSSR count). The van der Waals surface area contributed by atoms with Crippen LogP contribution in [0.2, 0.25) is 0 Å². The minimum Gasteiger partial charge on any atom is -0.633 e. The van der Waals surface area contributed by atoms with Gasteiger partial charge in [-0.05, 0) is 49.1 Å². The molecule has 3 aromatic rings. The number of benzene rings is 2. The summed E-state index contributed by atoms with van der Waals surface area (Å²) in [6.45, 7) is 9.12. The molecule has 3 saturated heterocycles. The average Bonchev–Trinajstić information content (AvgIpc) is 3.49. The molecule has 4 fully saturated rings. The van der Waals surface area contributed by atoms with Crippen molar-refractivity contribution in [2.75, 3.05) is 58.9 Å². The number of likely N-dealkylation sites (N-methyl/N-ethyl adjacent to an activating group) is 1. The summed E-state index contributed by atoms with van der Waals surface area (Å²) in [6, 6.07) is 10.8. The van der Waals surface area contributed by atoms with Crippen LogP contribution in [0, 0.1) is 16.5 Å². The fourth-order valence-electron chi connectivity index (χ4n) is 14.0. The first-order chi connectivity index (χ1) is 28.6. The molecule has 1 aromatic heterocycles. The number of aromatic amines is 1. The van der Waals surface area contributed by atoms with E-state index in [-0.39, 0.29) is 24.5 Å². The van der Waals surface area contributed by atoms with Gasteiger partial charge in [0.15, 0.2) is 11.7 Å². The highest BCUT2D eigenvalue weighted by Gasteiger charge is 2.80. The zero-order valence-corrected chi connectivity index (χ0v) is 35.5. The van der Waals surface area contributed by atoms with Crippen LogP contribution in [-0.2, 0) is 50.8 Å². The van der Waals surface area contributed by atoms with Crippen LogP contribution < -0.4 is 9.64 Å². The number of nitrogens with one attached hydrogen (secondary N) is 1. The number of hydroxylamine groups is 3. The number of hydrogen-bond donors (Lipinski definition) is 2. The van der Waals surface area contributed by atoms with E-state index in [1.165, 1.54) is 21.0 Å². The molecule has 2 aromatic carbocycles. The molecule has 1 aliphatic carbocycles. The average molecular weight is 825 g/mol. The Labute approximate surface area is 349 Å². The number of para-hydroxylation sites is 1. The Hall–Kier alpha value is -4.47. The monoisotopic (exact) mass is 824 g/mol. The number of aromatic nitrogens is 1. The van der Waals surface area contributed by atoms with Crippen molar-refractivity contribution in [1.29, 1.82) is 0 Å². The van der Waals surface area contributed by atoms with Gasteiger partial charge in [0.05, 0.1) is 39.0 Å². The molecule has 2 N–H and O–H groups in total. The van der Waals surface area contributed by atoms with Crippen LogP contribution in [-0.4, -0.2) is 127 Å². The van der Waals surface area contributed by atoms with Gasteiger partial charge >= 0.3 is 17.9 Å². The fourth-order valence-corrected chi connectivity index (χ4v) is 14.0. The van der Waals surface area contributed by atoms with Crippen molar-refractivity contribution in [2.24, 2.45) is 11.3 Å². The molecule has 1 spiro atoms. The predicted octanol–water partition coefficient (Wildman–Crippen LogP) is 4.37. The molecule has 7 aliphatic rings. The molecule has 0 radical (unpaired) electrons. The van der Waals surface area contributed by atoms with Crippen molar-refractivity contribution in [3.8, 4) is 5.75 Å². The number of esters is 3. The normalized spacial score (nSPS) is 39.5. The molecule has 14 heteroatoms. The third-order valence-corrected chi connectivity index (χ3v) is 16.0. The Morgan fingerprint density at radius 1 is 1.07 bits per heavy atom. The predicted molar refractivity (Wildman–Crippen MR) is 220 cm³/mol. The summed E-state index contributed by atoms with van der Waals surface area (Å²) in [5.41, 5.74) is -1.60. The Kier molecular flexibility index (Phi) is 8.61. The highest BCUT2D eigenvalue weighted by molar-refractivity contribution is 5.88. The van der Waals surface area contributed by atoms with Crippen LogP contribution in [0.4, 0.5) is 5.69 Å². The lowest BCUT2D eigenvalue weighted by atomic mass is 9.47. The van der Waals surface area contributed by atoms with E-state index in [1.54, 1.807) is 7.11 Å². The number of ether oxygens (including phenoxy) is 5. The number of quaternary nitrogens is 1. The number of carbonyl (C=O) groups excluding carboxylic acids is 3. The zero-order valence-electron chi connectivity index (χ0n) is 35.5. The Bertz CT molecular complexity index is 2360. The van der Waals surface area contributed by atoms with E-state index in [9.17, 15) is 24.7 Å². The summed E-state index contributed by atoms with van der Waals surface area (Å²) >= 11 is 0. The molecule has 14 nitrogen and oxygen atoms in total. The molecular weight excluding hydrogens is 769 g/mol. The number of epoxide rings is 1. The van der Waals surface area contributed by atoms with Crippen LogP contribution in [0.15, 0.2) is 48.6 Å². The number of aliphatic hydroxyl groups is 1. The van der Waals surface area contributed by atoms with Gasteiger partial charge in [-0.1, -0.05) is 44.2 Å². The van der Waals surface area contributed by atoms with E-state index in [4.69, 9.17) is 23.7 Å². The van der Waals surface area contributed by atoms with Crippen molar-refractivity contribution in [2.45, 2.75) is 106 Å². The van der Waals surface area contributed by atoms with Crippen LogP contribution in [0.25, 0.3) is 10.9 Å². The molecule has 2 bridgehead atoms. The minimum atomic E-state index is -2.31. The fraction of sp³-hybridized carbons (Fsp3) is 0.587. The zero-order chi connectivity index (χ0) is 42.4. The smallest absolute Gasteiger partial charge is 0.344 e. The number of hydrogen-bond acceptors (Lipinski definition) is 12. The van der Waals surface area contributed by atoms with Crippen LogP contribution in [0.5, 0.6) is 5.75 Å². The number of carbonyl (C=O) groups is 3. The number of nitrogens with zero attached hydrogens (tertiary/aromatic N) is 3. The lowest BCUT2D eigenvalue weighted by molar-refractivity contribution is -0.890. The SMILES string of the molecule is CCC12C[N+]3([O-])CCc4c([nH]c5ccccc45)C(OC(C)=O)(c4cc5c(cc4OC)N(C)C4C(O)(C(=O)OC)C(OC(C)=O)C6(CC)C=CCN7CCC54C76)CC(C3)C1O2. The van der Waals surface area contributed by atoms with Gasteiger partial charge in [0.25, 0.3) is 0 Å². The van der Waals surface area contributed by atoms with Gasteiger partial charge in [-0.2, -0.15) is 0 Å². The van der Waals surface area contributed by atoms with Crippen LogP contribution >= 0.6 is 0 Å². The lowest BCUT2D eigenvalue weighted by Crippen LogP contribution is -2.81. The summed E-state index contributed by atoms with van der Waals surface area (Å²) in [6.07, 6.45) is 5.04. The number of H-pyrrole nitrogens is 1. The number of methoxy groups -OCH3 is 2. The van der Waals surface area contributed by atoms with Crippen LogP contribution in [0.1, 0.15) is 75.8 Å². The third-order valence-electron chi connectivity index (χ3n) is 16.0. The maximum absolute atomic E-state index is 14.9. The Morgan fingerprint density at radius 2 is 1.85 bits per heavy atom. The first-order valence-corrected chi connectivity index (χ1v) is 21.5. The maximum atomic E-state index is 14.9. The first-order valence-electron chi connectivity index (χ1n) is 21.5. The van der Waals surface area contributed by atoms with Gasteiger partial charge < -0.3 is 48.5 Å². The third kappa shape index (κ3) is 4.91. The summed E-state index contributed by atoms with van der Waals surface area (Å²) < 4.78 is 31.0. The lowest BCUT2D eigenvalue weighted by Gasteiger charge is -2.63. The second-order valence-corrected chi connectivity index (χ2v) is 18.7. The summed E-state index contributed by atoms with van der Waals surface area (Å²) in [5.74, 6) is -1.83. The van der Waals surface area contributed by atoms with E-state index in [0.717, 1.165) is 27.7 Å². The van der Waals surface area contributed by atoms with E-state index < -0.39 is 62.3 Å². The van der Waals surface area contributed by atoms with Gasteiger partial charge in [-0.3, -0.25) is 14.5 Å². The van der Waals surface area contributed by atoms with E-state index in [1.807, 2.05) is 61.4 Å². The molecule has 6 aliphatic heterocycles. The van der Waals surface area contributed by atoms with Crippen molar-refractivity contribution < 1.29 is 47.8 Å². The van der Waals surface area contributed by atoms with Gasteiger partial charge in [0.2, 0.25) is 5.60 Å². The topological polar surface area (TPSA) is 166 Å². The van der Waals surface area contributed by atoms with E-state index in [2.05, 4.69) is 22.9 Å². The highest BCUT2D eigenvalue weighted by Crippen LogP contribution is 2.68. The summed E-state index contributed by atoms with van der Waals surface area (Å²) in [5, 5.41) is 29.2. The minimum absolute atomic E-state index is 0.188. The highest BCUT2D eigenvalue weighted by atomic mass is 16.6. The van der Waals surface area contributed by atoms with Gasteiger partial charge in [-0.25, -0.2) is 4.79 Å². The second-order valence-electron chi connectivity index (χ2n) is 18.7. The molecule has 320 valence electrons. The van der Waals surface area contributed by atoms with Gasteiger partial charge in [-0.15, -0.1) is 0 Å². The molecule has 60 heavy (non-hydrogen) atoms. The number of anilines is 1. The Balaban J connectivity index is 1.28. The molecule has 11 atom stereocenters. The Morgan fingerprint density at radius 3 is 2.55 bits per heavy atom.